The van der Waals surface area contributed by atoms with E-state index in [0.717, 1.165) is 11.3 Å². The third-order valence-electron chi connectivity index (χ3n) is 2.19. The van der Waals surface area contributed by atoms with E-state index in [1.165, 1.54) is 0 Å². The van der Waals surface area contributed by atoms with Crippen molar-refractivity contribution in [1.29, 1.82) is 0 Å². The predicted molar refractivity (Wildman–Crippen MR) is 97.8 cm³/mol. The fraction of sp³-hybridized carbons (Fsp3) is 0.0769. The monoisotopic (exact) mass is 513 g/mol. The van der Waals surface area contributed by atoms with E-state index in [-0.39, 0.29) is 0 Å². The maximum atomic E-state index is 9.75. The van der Waals surface area contributed by atoms with E-state index < -0.39 is 21.8 Å². The van der Waals surface area contributed by atoms with Crippen LogP contribution in [0, 0.1) is 0 Å². The van der Waals surface area contributed by atoms with E-state index in [0.29, 0.717) is 16.7 Å². The minimum Gasteiger partial charge on any atom is -0.489 e. The molecule has 0 aliphatic carbocycles. The summed E-state index contributed by atoms with van der Waals surface area (Å²) in [6.45, 7) is 0.377. The lowest BCUT2D eigenvalue weighted by atomic mass is 10.2. The maximum absolute atomic E-state index is 9.75. The lowest BCUT2D eigenvalue weighted by molar-refractivity contribution is 0.306. The molecule has 0 saturated heterocycles. The van der Waals surface area contributed by atoms with Gasteiger partial charge in [0.05, 0.1) is 0 Å². The molecule has 0 radical (unpaired) electrons. The second-order valence-corrected chi connectivity index (χ2v) is 5.60. The van der Waals surface area contributed by atoms with Gasteiger partial charge in [-0.25, -0.2) is 0 Å². The Morgan fingerprint density at radius 2 is 0.871 bits per heavy atom. The predicted octanol–water partition coefficient (Wildman–Crippen LogP) is 8.47. The molecule has 31 heavy (non-hydrogen) atoms. The van der Waals surface area contributed by atoms with E-state index in [9.17, 15) is 51.8 Å². The number of rotatable bonds is 3. The minimum atomic E-state index is -6.00. The molecule has 2 aromatic rings. The number of ether oxygens (including phenoxy) is 1. The van der Waals surface area contributed by atoms with E-state index in [1.807, 2.05) is 36.4 Å². The molecule has 2 rings (SSSR count). The van der Waals surface area contributed by atoms with Gasteiger partial charge in [0.25, 0.3) is 0 Å². The molecule has 1 nitrogen and oxygen atoms in total. The average molecular weight is 514 g/mol. The highest BCUT2D eigenvalue weighted by Gasteiger charge is 2.21. The molecule has 0 fully saturated rings. The number of benzene rings is 2. The Labute approximate surface area is 178 Å². The van der Waals surface area contributed by atoms with Crippen LogP contribution in [0.4, 0.5) is 51.8 Å². The molecule has 0 atom stereocenters. The van der Waals surface area contributed by atoms with Crippen molar-refractivity contribution < 1.29 is 56.5 Å². The van der Waals surface area contributed by atoms with Crippen LogP contribution in [0.25, 0.3) is 0 Å². The fourth-order valence-electron chi connectivity index (χ4n) is 1.34. The number of para-hydroxylation sites is 1. The molecule has 18 heteroatoms. The van der Waals surface area contributed by atoms with Gasteiger partial charge in [0, 0.05) is 15.6 Å². The molecule has 0 spiro atoms. The summed E-state index contributed by atoms with van der Waals surface area (Å²) in [7, 11) is -18.0. The van der Waals surface area contributed by atoms with Crippen molar-refractivity contribution in [2.45, 2.75) is 6.61 Å². The lowest BCUT2D eigenvalue weighted by Crippen LogP contribution is -2.02. The van der Waals surface area contributed by atoms with Crippen LogP contribution in [0.3, 0.4) is 0 Å². The molecule has 0 heterocycles. The molecule has 0 aliphatic rings. The van der Waals surface area contributed by atoms with Crippen LogP contribution >= 0.6 is 23.2 Å². The van der Waals surface area contributed by atoms with Crippen LogP contribution in [0.5, 0.6) is 5.75 Å². The average Bonchev–Trinajstić information content (AvgIpc) is 2.50. The number of hydrogen-bond donors (Lipinski definition) is 0. The second kappa shape index (κ2) is 14.3. The van der Waals surface area contributed by atoms with Gasteiger partial charge >= 0.3 is 21.8 Å². The zero-order chi connectivity index (χ0) is 24.9. The summed E-state index contributed by atoms with van der Waals surface area (Å²) in [5, 5.41) is 1.26. The zero-order valence-corrected chi connectivity index (χ0v) is 16.3. The minimum absolute atomic E-state index is 0.377. The number of hydrogen-bond acceptors (Lipinski definition) is 1. The molecule has 0 aliphatic heterocycles. The third-order valence-corrected chi connectivity index (χ3v) is 2.90. The summed E-state index contributed by atoms with van der Waals surface area (Å²) in [5.74, 6) is 0.804. The van der Waals surface area contributed by atoms with Gasteiger partial charge < -0.3 is 56.5 Å². The van der Waals surface area contributed by atoms with Crippen molar-refractivity contribution in [3.8, 4) is 5.75 Å². The topological polar surface area (TPSA) is 9.23 Å². The van der Waals surface area contributed by atoms with Crippen LogP contribution in [-0.2, 0) is 6.61 Å². The SMILES string of the molecule is Clc1cccc(Cl)c1COc1ccccc1.F[B-](F)(F)F.F[B-](F)(F)F.F[B-](F)(F)F. The van der Waals surface area contributed by atoms with Gasteiger partial charge in [-0.3, -0.25) is 0 Å². The van der Waals surface area contributed by atoms with Crippen LogP contribution in [0.1, 0.15) is 5.56 Å². The van der Waals surface area contributed by atoms with Crippen molar-refractivity contribution in [3.05, 3.63) is 64.1 Å². The summed E-state index contributed by atoms with van der Waals surface area (Å²) < 4.78 is 123. The van der Waals surface area contributed by atoms with Gasteiger partial charge in [0.2, 0.25) is 0 Å². The Morgan fingerprint density at radius 3 is 1.19 bits per heavy atom. The highest BCUT2D eigenvalue weighted by Crippen LogP contribution is 2.25. The largest absolute Gasteiger partial charge is 0.673 e. The number of halogens is 14. The summed E-state index contributed by atoms with van der Waals surface area (Å²) in [5.41, 5.74) is 0.815. The summed E-state index contributed by atoms with van der Waals surface area (Å²) >= 11 is 12.1. The Bertz CT molecular complexity index is 674. The van der Waals surface area contributed by atoms with Crippen molar-refractivity contribution in [1.82, 2.24) is 0 Å². The van der Waals surface area contributed by atoms with Crippen molar-refractivity contribution >= 4 is 45.0 Å². The highest BCUT2D eigenvalue weighted by molar-refractivity contribution is 6.50. The molecule has 0 aromatic heterocycles. The van der Waals surface area contributed by atoms with Crippen molar-refractivity contribution in [3.63, 3.8) is 0 Å². The Kier molecular flexibility index (Phi) is 14.4. The van der Waals surface area contributed by atoms with Crippen molar-refractivity contribution in [2.75, 3.05) is 0 Å². The normalized spacial score (nSPS) is 11.0. The fourth-order valence-corrected chi connectivity index (χ4v) is 1.85. The van der Waals surface area contributed by atoms with Gasteiger partial charge in [0.1, 0.15) is 12.4 Å². The Morgan fingerprint density at radius 1 is 0.548 bits per heavy atom. The molecule has 0 bridgehead atoms. The first kappa shape index (κ1) is 31.4. The Balaban J connectivity index is 0. The van der Waals surface area contributed by atoms with Crippen LogP contribution in [-0.4, -0.2) is 21.8 Å². The van der Waals surface area contributed by atoms with Crippen molar-refractivity contribution in [2.24, 2.45) is 0 Å². The standard InChI is InChI=1S/C13H10Cl2O.3BF4/c14-12-7-4-8-13(15)11(12)9-16-10-5-2-1-3-6-10;3*2-1(3,4)5/h1-8H,9H2;;;/q;3*-1. The summed E-state index contributed by atoms with van der Waals surface area (Å²) in [6, 6.07) is 15.0. The van der Waals surface area contributed by atoms with E-state index >= 15 is 0 Å². The quantitative estimate of drug-likeness (QED) is 0.295. The van der Waals surface area contributed by atoms with Gasteiger partial charge in [0.15, 0.2) is 0 Å². The van der Waals surface area contributed by atoms with E-state index in [2.05, 4.69) is 0 Å². The van der Waals surface area contributed by atoms with Gasteiger partial charge in [-0.2, -0.15) is 0 Å². The molecule has 0 unspecified atom stereocenters. The third kappa shape index (κ3) is 30.5. The lowest BCUT2D eigenvalue weighted by Gasteiger charge is -2.09. The summed E-state index contributed by atoms with van der Waals surface area (Å²) in [4.78, 5) is 0. The molecule has 0 saturated carbocycles. The summed E-state index contributed by atoms with van der Waals surface area (Å²) in [6.07, 6.45) is 0. The molecule has 2 aromatic carbocycles. The van der Waals surface area contributed by atoms with Gasteiger partial charge in [-0.1, -0.05) is 47.5 Å². The van der Waals surface area contributed by atoms with Gasteiger partial charge in [-0.15, -0.1) is 0 Å². The van der Waals surface area contributed by atoms with Crippen LogP contribution in [0.2, 0.25) is 10.0 Å². The molecular weight excluding hydrogens is 503 g/mol. The maximum Gasteiger partial charge on any atom is 0.673 e. The second-order valence-electron chi connectivity index (χ2n) is 4.79. The Hall–Kier alpha value is -1.83. The van der Waals surface area contributed by atoms with Crippen LogP contribution < -0.4 is 4.74 Å². The van der Waals surface area contributed by atoms with Crippen LogP contribution in [0.15, 0.2) is 48.5 Å². The van der Waals surface area contributed by atoms with E-state index in [4.69, 9.17) is 27.9 Å². The van der Waals surface area contributed by atoms with Gasteiger partial charge in [-0.05, 0) is 24.3 Å². The zero-order valence-electron chi connectivity index (χ0n) is 14.8. The molecule has 0 N–H and O–H groups in total. The molecular formula is C13H10B3Cl2F12O-3. The smallest absolute Gasteiger partial charge is 0.489 e. The first-order chi connectivity index (χ1) is 13.8. The molecule has 178 valence electrons. The molecule has 0 amide bonds. The first-order valence-electron chi connectivity index (χ1n) is 7.50. The highest BCUT2D eigenvalue weighted by atomic mass is 35.5. The van der Waals surface area contributed by atoms with E-state index in [1.54, 1.807) is 12.1 Å². The first-order valence-corrected chi connectivity index (χ1v) is 8.25.